The quantitative estimate of drug-likeness (QED) is 0.460. The number of allylic oxidation sites excluding steroid dienone is 4. The standard InChI is InChI=1S/C26H19F3N2O/c27-22-12-18(15-30)9-10-19(22)16-32-26-8-4-7-25(31-26)21-14-23(28)20(13-24(21)29)11-17-5-2-1-3-6-17/h1-5,7-10,12-14,17H,6,11,16H2. The van der Waals surface area contributed by atoms with E-state index >= 15 is 0 Å². The number of nitrogens with zero attached hydrogens (tertiary/aromatic N) is 2. The summed E-state index contributed by atoms with van der Waals surface area (Å²) in [6.07, 6.45) is 9.05. The van der Waals surface area contributed by atoms with Crippen LogP contribution in [0.2, 0.25) is 0 Å². The van der Waals surface area contributed by atoms with Crippen molar-refractivity contribution in [2.75, 3.05) is 0 Å². The zero-order valence-corrected chi connectivity index (χ0v) is 17.1. The van der Waals surface area contributed by atoms with Crippen LogP contribution in [0.5, 0.6) is 5.88 Å². The van der Waals surface area contributed by atoms with Crippen molar-refractivity contribution in [1.82, 2.24) is 4.98 Å². The minimum atomic E-state index is -0.570. The highest BCUT2D eigenvalue weighted by atomic mass is 19.1. The molecule has 1 aromatic heterocycles. The first-order valence-electron chi connectivity index (χ1n) is 10.1. The van der Waals surface area contributed by atoms with Crippen LogP contribution in [-0.4, -0.2) is 4.98 Å². The van der Waals surface area contributed by atoms with Crippen molar-refractivity contribution in [3.05, 3.63) is 107 Å². The van der Waals surface area contributed by atoms with E-state index in [1.54, 1.807) is 18.2 Å². The summed E-state index contributed by atoms with van der Waals surface area (Å²) in [7, 11) is 0. The lowest BCUT2D eigenvalue weighted by atomic mass is 9.92. The molecule has 0 amide bonds. The molecule has 1 atom stereocenters. The summed E-state index contributed by atoms with van der Waals surface area (Å²) in [5.41, 5.74) is 1.03. The summed E-state index contributed by atoms with van der Waals surface area (Å²) in [6, 6.07) is 13.0. The molecule has 0 saturated carbocycles. The minimum Gasteiger partial charge on any atom is -0.473 e. The molecular weight excluding hydrogens is 413 g/mol. The van der Waals surface area contributed by atoms with E-state index in [4.69, 9.17) is 10.00 Å². The molecule has 0 spiro atoms. The van der Waals surface area contributed by atoms with E-state index in [0.717, 1.165) is 18.6 Å². The Bertz CT molecular complexity index is 1240. The van der Waals surface area contributed by atoms with Crippen molar-refractivity contribution in [2.45, 2.75) is 19.4 Å². The number of rotatable bonds is 6. The van der Waals surface area contributed by atoms with Crippen LogP contribution in [0.3, 0.4) is 0 Å². The zero-order valence-electron chi connectivity index (χ0n) is 17.1. The number of aromatic nitrogens is 1. The van der Waals surface area contributed by atoms with E-state index in [1.165, 1.54) is 18.2 Å². The number of hydrogen-bond acceptors (Lipinski definition) is 3. The van der Waals surface area contributed by atoms with Crippen LogP contribution in [0, 0.1) is 34.7 Å². The molecular formula is C26H19F3N2O. The fourth-order valence-electron chi connectivity index (χ4n) is 3.54. The summed E-state index contributed by atoms with van der Waals surface area (Å²) in [5.74, 6) is -1.34. The lowest BCUT2D eigenvalue weighted by Gasteiger charge is -2.15. The molecule has 4 rings (SSSR count). The van der Waals surface area contributed by atoms with Gasteiger partial charge in [0.15, 0.2) is 0 Å². The maximum atomic E-state index is 14.8. The maximum Gasteiger partial charge on any atom is 0.214 e. The summed E-state index contributed by atoms with van der Waals surface area (Å²) >= 11 is 0. The minimum absolute atomic E-state index is 0.0281. The van der Waals surface area contributed by atoms with E-state index in [-0.39, 0.29) is 40.8 Å². The van der Waals surface area contributed by atoms with E-state index in [2.05, 4.69) is 4.98 Å². The van der Waals surface area contributed by atoms with Crippen LogP contribution in [0.15, 0.2) is 72.8 Å². The fraction of sp³-hybridized carbons (Fsp3) is 0.154. The topological polar surface area (TPSA) is 45.9 Å². The Balaban J connectivity index is 1.51. The van der Waals surface area contributed by atoms with Gasteiger partial charge in [-0.2, -0.15) is 5.26 Å². The first-order chi connectivity index (χ1) is 15.5. The maximum absolute atomic E-state index is 14.8. The number of halogens is 3. The van der Waals surface area contributed by atoms with Crippen LogP contribution in [0.25, 0.3) is 11.3 Å². The summed E-state index contributed by atoms with van der Waals surface area (Å²) in [6.45, 7) is -0.118. The highest BCUT2D eigenvalue weighted by Gasteiger charge is 2.16. The Morgan fingerprint density at radius 3 is 2.56 bits per heavy atom. The third kappa shape index (κ3) is 4.89. The van der Waals surface area contributed by atoms with Crippen LogP contribution in [-0.2, 0) is 13.0 Å². The Hall–Kier alpha value is -3.85. The Morgan fingerprint density at radius 1 is 0.969 bits per heavy atom. The molecule has 0 saturated heterocycles. The van der Waals surface area contributed by atoms with Crippen LogP contribution in [0.1, 0.15) is 23.1 Å². The number of nitriles is 1. The molecule has 6 heteroatoms. The van der Waals surface area contributed by atoms with Crippen molar-refractivity contribution in [3.63, 3.8) is 0 Å². The SMILES string of the molecule is N#Cc1ccc(COc2cccc(-c3cc(F)c(CC4C=CC=CC4)cc3F)n2)c(F)c1. The van der Waals surface area contributed by atoms with Crippen LogP contribution < -0.4 is 4.74 Å². The molecule has 1 aliphatic rings. The molecule has 1 unspecified atom stereocenters. The van der Waals surface area contributed by atoms with Crippen molar-refractivity contribution in [2.24, 2.45) is 5.92 Å². The van der Waals surface area contributed by atoms with Gasteiger partial charge < -0.3 is 4.74 Å². The Morgan fingerprint density at radius 2 is 1.81 bits per heavy atom. The molecule has 160 valence electrons. The van der Waals surface area contributed by atoms with Crippen molar-refractivity contribution in [1.29, 1.82) is 5.26 Å². The van der Waals surface area contributed by atoms with Gasteiger partial charge in [-0.25, -0.2) is 18.2 Å². The van der Waals surface area contributed by atoms with Gasteiger partial charge in [0.25, 0.3) is 0 Å². The molecule has 2 aromatic carbocycles. The third-order valence-electron chi connectivity index (χ3n) is 5.24. The van der Waals surface area contributed by atoms with Gasteiger partial charge in [0.2, 0.25) is 5.88 Å². The molecule has 32 heavy (non-hydrogen) atoms. The molecule has 1 heterocycles. The molecule has 3 aromatic rings. The molecule has 0 aliphatic heterocycles. The number of benzene rings is 2. The second-order valence-corrected chi connectivity index (χ2v) is 7.50. The van der Waals surface area contributed by atoms with Gasteiger partial charge >= 0.3 is 0 Å². The third-order valence-corrected chi connectivity index (χ3v) is 5.24. The van der Waals surface area contributed by atoms with Crippen LogP contribution in [0.4, 0.5) is 13.2 Å². The molecule has 0 bridgehead atoms. The number of pyridine rings is 1. The smallest absolute Gasteiger partial charge is 0.214 e. The van der Waals surface area contributed by atoms with Gasteiger partial charge in [-0.3, -0.25) is 0 Å². The van der Waals surface area contributed by atoms with Gasteiger partial charge in [-0.1, -0.05) is 36.4 Å². The van der Waals surface area contributed by atoms with Gasteiger partial charge in [0.05, 0.1) is 17.3 Å². The molecule has 0 N–H and O–H groups in total. The van der Waals surface area contributed by atoms with Gasteiger partial charge in [0, 0.05) is 17.2 Å². The van der Waals surface area contributed by atoms with Crippen molar-refractivity contribution >= 4 is 0 Å². The highest BCUT2D eigenvalue weighted by molar-refractivity contribution is 5.61. The average Bonchev–Trinajstić information content (AvgIpc) is 2.81. The van der Waals surface area contributed by atoms with E-state index < -0.39 is 17.5 Å². The first-order valence-corrected chi connectivity index (χ1v) is 10.1. The van der Waals surface area contributed by atoms with Crippen LogP contribution >= 0.6 is 0 Å². The normalized spacial score (nSPS) is 14.9. The van der Waals surface area contributed by atoms with E-state index in [9.17, 15) is 13.2 Å². The molecule has 0 radical (unpaired) electrons. The summed E-state index contributed by atoms with van der Waals surface area (Å²) < 4.78 is 49.1. The molecule has 3 nitrogen and oxygen atoms in total. The van der Waals surface area contributed by atoms with Gasteiger partial charge in [-0.05, 0) is 54.7 Å². The largest absolute Gasteiger partial charge is 0.473 e. The fourth-order valence-corrected chi connectivity index (χ4v) is 3.54. The van der Waals surface area contributed by atoms with E-state index in [0.29, 0.717) is 12.0 Å². The predicted molar refractivity (Wildman–Crippen MR) is 115 cm³/mol. The highest BCUT2D eigenvalue weighted by Crippen LogP contribution is 2.28. The monoisotopic (exact) mass is 432 g/mol. The second-order valence-electron chi connectivity index (χ2n) is 7.50. The van der Waals surface area contributed by atoms with Crippen molar-refractivity contribution in [3.8, 4) is 23.2 Å². The summed E-state index contributed by atoms with van der Waals surface area (Å²) in [5, 5.41) is 8.82. The number of hydrogen-bond donors (Lipinski definition) is 0. The number of ether oxygens (including phenoxy) is 1. The first kappa shape index (κ1) is 21.4. The average molecular weight is 432 g/mol. The summed E-state index contributed by atoms with van der Waals surface area (Å²) in [4.78, 5) is 4.24. The second kappa shape index (κ2) is 9.52. The lowest BCUT2D eigenvalue weighted by molar-refractivity contribution is 0.288. The predicted octanol–water partition coefficient (Wildman–Crippen LogP) is 6.29. The van der Waals surface area contributed by atoms with Gasteiger partial charge in [0.1, 0.15) is 24.1 Å². The van der Waals surface area contributed by atoms with Crippen molar-refractivity contribution < 1.29 is 17.9 Å². The zero-order chi connectivity index (χ0) is 22.5. The Labute approximate surface area is 184 Å². The molecule has 1 aliphatic carbocycles. The van der Waals surface area contributed by atoms with Gasteiger partial charge in [-0.15, -0.1) is 0 Å². The molecule has 0 fully saturated rings. The van der Waals surface area contributed by atoms with E-state index in [1.807, 2.05) is 30.4 Å². The Kier molecular flexibility index (Phi) is 6.37. The lowest BCUT2D eigenvalue weighted by Crippen LogP contribution is -2.05.